The van der Waals surface area contributed by atoms with E-state index in [1.807, 2.05) is 26.0 Å². The van der Waals surface area contributed by atoms with Crippen LogP contribution in [-0.4, -0.2) is 29.2 Å². The van der Waals surface area contributed by atoms with Gasteiger partial charge in [0.05, 0.1) is 27.8 Å². The van der Waals surface area contributed by atoms with E-state index in [0.29, 0.717) is 21.8 Å². The highest BCUT2D eigenvalue weighted by Gasteiger charge is 2.34. The fraction of sp³-hybridized carbons (Fsp3) is 0.222. The quantitative estimate of drug-likeness (QED) is 0.445. The monoisotopic (exact) mass is 527 g/mol. The molecule has 3 aromatic rings. The smallest absolute Gasteiger partial charge is 0.267 e. The molecule has 186 valence electrons. The van der Waals surface area contributed by atoms with Crippen LogP contribution in [0.2, 0.25) is 10.0 Å². The molecule has 0 saturated carbocycles. The minimum atomic E-state index is -1.37. The molecular weight excluding hydrogens is 504 g/mol. The standard InChI is InChI=1S/C27H24Cl2FN3O3/c1-15(2)25-19-5-3-4-6-22(19)33(23(34)14-31-25)32-27(36)24(16-7-10-18(30)11-8-16)26(35)17-9-12-20(28)21(29)13-17/h3-13,15,24,26,35H,14H2,1-2H3,(H,32,36)/t24-,26+/m1/s1. The summed E-state index contributed by atoms with van der Waals surface area (Å²) in [6.07, 6.45) is -1.37. The molecule has 3 aromatic carbocycles. The number of benzodiazepines with no additional fused rings is 1. The molecule has 2 N–H and O–H groups in total. The van der Waals surface area contributed by atoms with Gasteiger partial charge in [-0.15, -0.1) is 0 Å². The largest absolute Gasteiger partial charge is 0.387 e. The first-order chi connectivity index (χ1) is 17.2. The number of para-hydroxylation sites is 1. The second kappa shape index (κ2) is 10.8. The third kappa shape index (κ3) is 5.28. The number of benzene rings is 3. The van der Waals surface area contributed by atoms with Gasteiger partial charge in [0.1, 0.15) is 12.4 Å². The van der Waals surface area contributed by atoms with Crippen molar-refractivity contribution < 1.29 is 19.1 Å². The Labute approximate surface area is 218 Å². The average Bonchev–Trinajstić information content (AvgIpc) is 2.99. The Morgan fingerprint density at radius 1 is 1.03 bits per heavy atom. The summed E-state index contributed by atoms with van der Waals surface area (Å²) in [5.41, 5.74) is 5.31. The number of hydrogen-bond donors (Lipinski definition) is 2. The molecule has 1 aliphatic heterocycles. The van der Waals surface area contributed by atoms with Gasteiger partial charge in [0.25, 0.3) is 5.91 Å². The molecule has 0 aliphatic carbocycles. The summed E-state index contributed by atoms with van der Waals surface area (Å²) in [5, 5.41) is 12.9. The van der Waals surface area contributed by atoms with Gasteiger partial charge in [-0.2, -0.15) is 0 Å². The lowest BCUT2D eigenvalue weighted by Crippen LogP contribution is -2.50. The zero-order valence-corrected chi connectivity index (χ0v) is 21.1. The van der Waals surface area contributed by atoms with Crippen LogP contribution in [0.3, 0.4) is 0 Å². The van der Waals surface area contributed by atoms with Crippen molar-refractivity contribution in [3.63, 3.8) is 0 Å². The van der Waals surface area contributed by atoms with Crippen molar-refractivity contribution >= 4 is 46.4 Å². The molecule has 2 amide bonds. The fourth-order valence-corrected chi connectivity index (χ4v) is 4.47. The predicted octanol–water partition coefficient (Wildman–Crippen LogP) is 5.47. The van der Waals surface area contributed by atoms with E-state index in [9.17, 15) is 19.1 Å². The van der Waals surface area contributed by atoms with E-state index >= 15 is 0 Å². The first-order valence-electron chi connectivity index (χ1n) is 11.3. The number of nitrogens with one attached hydrogen (secondary N) is 1. The van der Waals surface area contributed by atoms with E-state index in [1.54, 1.807) is 18.2 Å². The maximum absolute atomic E-state index is 13.7. The van der Waals surface area contributed by atoms with Crippen molar-refractivity contribution in [2.24, 2.45) is 10.9 Å². The molecule has 0 fully saturated rings. The minimum absolute atomic E-state index is 0.0537. The van der Waals surface area contributed by atoms with Crippen LogP contribution in [0, 0.1) is 11.7 Å². The number of rotatable bonds is 6. The van der Waals surface area contributed by atoms with Crippen LogP contribution in [-0.2, 0) is 9.59 Å². The number of aliphatic hydroxyl groups excluding tert-OH is 1. The fourth-order valence-electron chi connectivity index (χ4n) is 4.16. The topological polar surface area (TPSA) is 82.0 Å². The Kier molecular flexibility index (Phi) is 7.73. The van der Waals surface area contributed by atoms with Crippen LogP contribution in [0.25, 0.3) is 0 Å². The number of carbonyl (C=O) groups excluding carboxylic acids is 2. The number of amides is 2. The Morgan fingerprint density at radius 2 is 1.69 bits per heavy atom. The third-order valence-corrected chi connectivity index (χ3v) is 6.68. The maximum atomic E-state index is 13.7. The van der Waals surface area contributed by atoms with Crippen LogP contribution in [0.4, 0.5) is 10.1 Å². The molecule has 0 unspecified atom stereocenters. The number of halogens is 3. The number of hydrazine groups is 1. The molecule has 0 radical (unpaired) electrons. The lowest BCUT2D eigenvalue weighted by atomic mass is 9.88. The second-order valence-electron chi connectivity index (χ2n) is 8.73. The highest BCUT2D eigenvalue weighted by atomic mass is 35.5. The summed E-state index contributed by atoms with van der Waals surface area (Å²) < 4.78 is 13.6. The predicted molar refractivity (Wildman–Crippen MR) is 139 cm³/mol. The molecule has 0 aromatic heterocycles. The maximum Gasteiger partial charge on any atom is 0.267 e. The molecule has 0 saturated heterocycles. The van der Waals surface area contributed by atoms with Crippen LogP contribution < -0.4 is 10.4 Å². The van der Waals surface area contributed by atoms with Gasteiger partial charge in [-0.3, -0.25) is 20.0 Å². The van der Waals surface area contributed by atoms with E-state index < -0.39 is 29.7 Å². The van der Waals surface area contributed by atoms with E-state index in [4.69, 9.17) is 23.2 Å². The molecular formula is C27H24Cl2FN3O3. The van der Waals surface area contributed by atoms with Gasteiger partial charge >= 0.3 is 0 Å². The van der Waals surface area contributed by atoms with Gasteiger partial charge in [-0.05, 0) is 47.4 Å². The van der Waals surface area contributed by atoms with Crippen molar-refractivity contribution in [1.29, 1.82) is 0 Å². The van der Waals surface area contributed by atoms with E-state index in [1.165, 1.54) is 36.4 Å². The summed E-state index contributed by atoms with van der Waals surface area (Å²) >= 11 is 12.2. The van der Waals surface area contributed by atoms with Crippen LogP contribution in [0.15, 0.2) is 71.7 Å². The summed E-state index contributed by atoms with van der Waals surface area (Å²) in [7, 11) is 0. The van der Waals surface area contributed by atoms with Crippen molar-refractivity contribution in [1.82, 2.24) is 5.43 Å². The SMILES string of the molecule is CC(C)C1=NCC(=O)N(NC(=O)[C@H](c2ccc(F)cc2)[C@@H](O)c2ccc(Cl)c(Cl)c2)c2ccccc21. The number of aliphatic hydroxyl groups is 1. The molecule has 9 heteroatoms. The molecule has 36 heavy (non-hydrogen) atoms. The van der Waals surface area contributed by atoms with Crippen LogP contribution >= 0.6 is 23.2 Å². The zero-order chi connectivity index (χ0) is 26.0. The van der Waals surface area contributed by atoms with E-state index in [-0.39, 0.29) is 17.5 Å². The highest BCUT2D eigenvalue weighted by Crippen LogP contribution is 2.35. The summed E-state index contributed by atoms with van der Waals surface area (Å²) in [6, 6.07) is 16.9. The van der Waals surface area contributed by atoms with Crippen molar-refractivity contribution in [2.45, 2.75) is 25.9 Å². The Hall–Kier alpha value is -3.26. The van der Waals surface area contributed by atoms with Crippen LogP contribution in [0.5, 0.6) is 0 Å². The van der Waals surface area contributed by atoms with Crippen LogP contribution in [0.1, 0.15) is 42.6 Å². The van der Waals surface area contributed by atoms with Crippen molar-refractivity contribution in [3.8, 4) is 0 Å². The number of carbonyl (C=O) groups is 2. The van der Waals surface area contributed by atoms with E-state index in [0.717, 1.165) is 16.3 Å². The number of aliphatic imine (C=N–C) groups is 1. The van der Waals surface area contributed by atoms with Gasteiger partial charge in [0.15, 0.2) is 0 Å². The number of fused-ring (bicyclic) bond motifs is 1. The summed E-state index contributed by atoms with van der Waals surface area (Å²) in [4.78, 5) is 31.2. The summed E-state index contributed by atoms with van der Waals surface area (Å²) in [6.45, 7) is 3.80. The molecule has 0 bridgehead atoms. The highest BCUT2D eigenvalue weighted by molar-refractivity contribution is 6.42. The normalized spacial score (nSPS) is 15.1. The molecule has 2 atom stereocenters. The molecule has 4 rings (SSSR count). The van der Waals surface area contributed by atoms with Gasteiger partial charge in [-0.25, -0.2) is 9.40 Å². The van der Waals surface area contributed by atoms with Gasteiger partial charge < -0.3 is 5.11 Å². The second-order valence-corrected chi connectivity index (χ2v) is 9.54. The van der Waals surface area contributed by atoms with Gasteiger partial charge in [-0.1, -0.05) is 73.4 Å². The number of nitrogens with zero attached hydrogens (tertiary/aromatic N) is 2. The van der Waals surface area contributed by atoms with Crippen molar-refractivity contribution in [3.05, 3.63) is 99.3 Å². The number of anilines is 1. The van der Waals surface area contributed by atoms with Crippen molar-refractivity contribution in [2.75, 3.05) is 11.6 Å². The minimum Gasteiger partial charge on any atom is -0.387 e. The van der Waals surface area contributed by atoms with E-state index in [2.05, 4.69) is 10.4 Å². The molecule has 1 heterocycles. The molecule has 6 nitrogen and oxygen atoms in total. The zero-order valence-electron chi connectivity index (χ0n) is 19.6. The molecule has 1 aliphatic rings. The first kappa shape index (κ1) is 25.8. The Balaban J connectivity index is 1.73. The average molecular weight is 528 g/mol. The van der Waals surface area contributed by atoms with Gasteiger partial charge in [0.2, 0.25) is 5.91 Å². The molecule has 0 spiro atoms. The Bertz CT molecular complexity index is 1330. The Morgan fingerprint density at radius 3 is 2.36 bits per heavy atom. The number of hydrogen-bond acceptors (Lipinski definition) is 4. The lowest BCUT2D eigenvalue weighted by molar-refractivity contribution is -0.128. The lowest BCUT2D eigenvalue weighted by Gasteiger charge is -2.29. The third-order valence-electron chi connectivity index (χ3n) is 5.94. The summed E-state index contributed by atoms with van der Waals surface area (Å²) in [5.74, 6) is -2.74. The van der Waals surface area contributed by atoms with Gasteiger partial charge in [0, 0.05) is 11.3 Å². The first-order valence-corrected chi connectivity index (χ1v) is 12.1.